The Morgan fingerprint density at radius 1 is 1.13 bits per heavy atom. The summed E-state index contributed by atoms with van der Waals surface area (Å²) in [5, 5.41) is 0. The van der Waals surface area contributed by atoms with Gasteiger partial charge in [-0.2, -0.15) is 30.2 Å². The lowest BCUT2D eigenvalue weighted by Crippen LogP contribution is -2.51. The molecule has 39 heavy (non-hydrogen) atoms. The van der Waals surface area contributed by atoms with E-state index in [1.54, 1.807) is 6.07 Å². The van der Waals surface area contributed by atoms with Crippen molar-refractivity contribution in [3.8, 4) is 0 Å². The van der Waals surface area contributed by atoms with E-state index < -0.39 is 61.9 Å². The minimum Gasteiger partial charge on any atom is -0.435 e. The first-order chi connectivity index (χ1) is 18.2. The van der Waals surface area contributed by atoms with Crippen molar-refractivity contribution in [3.63, 3.8) is 0 Å². The molecule has 0 aliphatic carbocycles. The molecule has 3 atom stereocenters. The van der Waals surface area contributed by atoms with Crippen LogP contribution in [0.1, 0.15) is 29.0 Å². The number of nitrogens with zero attached hydrogens (tertiary/aromatic N) is 2. The largest absolute Gasteiger partial charge is 0.490 e. The third-order valence-electron chi connectivity index (χ3n) is 6.37. The Hall–Kier alpha value is -2.15. The van der Waals surface area contributed by atoms with Crippen LogP contribution in [-0.2, 0) is 34.3 Å². The summed E-state index contributed by atoms with van der Waals surface area (Å²) in [7, 11) is -8.33. The first-order valence-corrected chi connectivity index (χ1v) is 15.5. The van der Waals surface area contributed by atoms with Gasteiger partial charge in [0.05, 0.1) is 23.8 Å². The van der Waals surface area contributed by atoms with Crippen LogP contribution in [0.15, 0.2) is 40.6 Å². The molecule has 0 amide bonds. The molecule has 0 saturated carbocycles. The molecule has 216 valence electrons. The van der Waals surface area contributed by atoms with Crippen LogP contribution in [0.3, 0.4) is 0 Å². The van der Waals surface area contributed by atoms with E-state index in [9.17, 15) is 39.2 Å². The number of halogens is 4. The minimum absolute atomic E-state index is 0.0185. The summed E-state index contributed by atoms with van der Waals surface area (Å²) in [5.41, 5.74) is 5.76. The fraction of sp³-hybridized carbons (Fsp3) is 0.500. The molecule has 2 saturated heterocycles. The second-order valence-corrected chi connectivity index (χ2v) is 14.2. The van der Waals surface area contributed by atoms with Gasteiger partial charge in [-0.3, -0.25) is 5.73 Å². The highest BCUT2D eigenvalue weighted by Gasteiger charge is 2.46. The summed E-state index contributed by atoms with van der Waals surface area (Å²) >= 11 is 0.508. The number of carbonyl (C=O) groups is 1. The lowest BCUT2D eigenvalue weighted by molar-refractivity contribution is -0.204. The molecule has 3 unspecified atom stereocenters. The van der Waals surface area contributed by atoms with Crippen LogP contribution in [0, 0.1) is 5.82 Å². The zero-order valence-corrected chi connectivity index (χ0v) is 22.7. The topological polar surface area (TPSA) is 136 Å². The Morgan fingerprint density at radius 3 is 2.44 bits per heavy atom. The van der Waals surface area contributed by atoms with Crippen LogP contribution < -0.4 is 5.73 Å². The van der Waals surface area contributed by atoms with E-state index in [1.165, 1.54) is 22.5 Å². The molecule has 2 aliphatic rings. The normalized spacial score (nSPS) is 22.6. The van der Waals surface area contributed by atoms with E-state index >= 15 is 0 Å². The third kappa shape index (κ3) is 6.61. The molecule has 1 aromatic carbocycles. The second kappa shape index (κ2) is 11.4. The number of alkyl halides is 3. The molecule has 2 aromatic rings. The summed E-state index contributed by atoms with van der Waals surface area (Å²) < 4.78 is 117. The van der Waals surface area contributed by atoms with Crippen LogP contribution in [0.4, 0.5) is 17.6 Å². The number of esters is 1. The monoisotopic (exact) mass is 615 g/mol. The van der Waals surface area contributed by atoms with E-state index in [4.69, 9.17) is 10.5 Å². The minimum atomic E-state index is -5.28. The van der Waals surface area contributed by atoms with Gasteiger partial charge in [0.2, 0.25) is 0 Å². The van der Waals surface area contributed by atoms with Crippen LogP contribution in [-0.4, -0.2) is 82.2 Å². The predicted molar refractivity (Wildman–Crippen MR) is 131 cm³/mol. The first kappa shape index (κ1) is 29.8. The van der Waals surface area contributed by atoms with Crippen molar-refractivity contribution in [2.45, 2.75) is 35.0 Å². The maximum atomic E-state index is 14.6. The number of rotatable bonds is 8. The Morgan fingerprint density at radius 2 is 1.79 bits per heavy atom. The molecule has 0 bridgehead atoms. The van der Waals surface area contributed by atoms with Crippen LogP contribution >= 0.6 is 11.3 Å². The van der Waals surface area contributed by atoms with Crippen LogP contribution in [0.5, 0.6) is 0 Å². The zero-order valence-electron chi connectivity index (χ0n) is 20.2. The number of hydrogen-bond donors (Lipinski definition) is 1. The summed E-state index contributed by atoms with van der Waals surface area (Å²) in [6.45, 7) is 0.347. The third-order valence-corrected chi connectivity index (χ3v) is 12.0. The number of hydrogen-bond acceptors (Lipinski definition) is 9. The van der Waals surface area contributed by atoms with Gasteiger partial charge >= 0.3 is 12.1 Å². The molecule has 2 N–H and O–H groups in total. The molecule has 2 aliphatic heterocycles. The number of nitrogens with two attached hydrogens (primary N) is 1. The Labute approximate surface area is 226 Å². The smallest absolute Gasteiger partial charge is 0.435 e. The van der Waals surface area contributed by atoms with Gasteiger partial charge in [-0.1, -0.05) is 18.2 Å². The van der Waals surface area contributed by atoms with Crippen molar-refractivity contribution in [2.24, 2.45) is 5.73 Å². The van der Waals surface area contributed by atoms with Gasteiger partial charge < -0.3 is 9.47 Å². The Bertz CT molecular complexity index is 1410. The van der Waals surface area contributed by atoms with Gasteiger partial charge in [0.25, 0.3) is 10.2 Å². The predicted octanol–water partition coefficient (Wildman–Crippen LogP) is 2.16. The molecule has 0 radical (unpaired) electrons. The number of carbonyl (C=O) groups excluding carboxylic acids is 1. The van der Waals surface area contributed by atoms with Crippen molar-refractivity contribution < 1.29 is 48.7 Å². The Kier molecular flexibility index (Phi) is 8.70. The van der Waals surface area contributed by atoms with E-state index in [0.717, 1.165) is 16.4 Å². The van der Waals surface area contributed by atoms with Crippen LogP contribution in [0.2, 0.25) is 0 Å². The number of ether oxygens (including phenoxy) is 2. The van der Waals surface area contributed by atoms with Crippen molar-refractivity contribution in [1.29, 1.82) is 0 Å². The quantitative estimate of drug-likeness (QED) is 0.271. The number of morpholine rings is 1. The number of thiophene rings is 1. The summed E-state index contributed by atoms with van der Waals surface area (Å²) in [4.78, 5) is 10.9. The molecular weight excluding hydrogens is 590 g/mol. The van der Waals surface area contributed by atoms with Crippen molar-refractivity contribution in [1.82, 2.24) is 8.61 Å². The summed E-state index contributed by atoms with van der Waals surface area (Å²) in [6, 6.07) is 7.00. The fourth-order valence-electron chi connectivity index (χ4n) is 4.51. The average molecular weight is 616 g/mol. The molecular formula is C22H25F4N3O7S3. The van der Waals surface area contributed by atoms with Gasteiger partial charge in [-0.05, 0) is 30.2 Å². The van der Waals surface area contributed by atoms with Gasteiger partial charge in [-0.25, -0.2) is 17.6 Å². The second-order valence-electron chi connectivity index (χ2n) is 8.96. The zero-order chi connectivity index (χ0) is 28.6. The molecule has 3 heterocycles. The summed E-state index contributed by atoms with van der Waals surface area (Å²) in [5.74, 6) is -4.35. The molecule has 2 fully saturated rings. The lowest BCUT2D eigenvalue weighted by Gasteiger charge is -2.32. The highest BCUT2D eigenvalue weighted by Crippen LogP contribution is 2.38. The fourth-order valence-corrected chi connectivity index (χ4v) is 9.35. The first-order valence-electron chi connectivity index (χ1n) is 11.6. The van der Waals surface area contributed by atoms with Gasteiger partial charge in [0, 0.05) is 31.6 Å². The van der Waals surface area contributed by atoms with Crippen molar-refractivity contribution >= 4 is 37.4 Å². The molecule has 1 aromatic heterocycles. The van der Waals surface area contributed by atoms with Crippen molar-refractivity contribution in [2.75, 3.05) is 38.6 Å². The maximum absolute atomic E-state index is 14.6. The maximum Gasteiger partial charge on any atom is 0.490 e. The average Bonchev–Trinajstić information content (AvgIpc) is 3.53. The highest BCUT2D eigenvalue weighted by molar-refractivity contribution is 7.93. The van der Waals surface area contributed by atoms with E-state index in [1.807, 2.05) is 0 Å². The molecule has 0 spiro atoms. The number of sulfone groups is 1. The molecule has 17 heteroatoms. The van der Waals surface area contributed by atoms with E-state index in [-0.39, 0.29) is 53.9 Å². The standard InChI is InChI=1S/C22H25F4N3O7S3/c23-17-4-2-1-3-16(17)14-11-15(29(12-14)39(33,34)28-7-9-35-10-8-28)13-38(31,32)19-6-5-18(37-19)20(27)36-21(30)22(24,25)26/h1-6,14-15,20H,7-13,27H2. The van der Waals surface area contributed by atoms with E-state index in [2.05, 4.69) is 4.74 Å². The lowest BCUT2D eigenvalue weighted by atomic mass is 9.96. The number of benzene rings is 1. The van der Waals surface area contributed by atoms with E-state index in [0.29, 0.717) is 11.3 Å². The van der Waals surface area contributed by atoms with Gasteiger partial charge in [-0.15, -0.1) is 11.3 Å². The summed E-state index contributed by atoms with van der Waals surface area (Å²) in [6.07, 6.45) is -7.12. The Balaban J connectivity index is 1.58. The SMILES string of the molecule is NC(OC(=O)C(F)(F)F)c1ccc(S(=O)(=O)CC2CC(c3ccccc3F)CN2S(=O)(=O)N2CCOCC2)s1. The highest BCUT2D eigenvalue weighted by atomic mass is 32.2. The van der Waals surface area contributed by atoms with Crippen molar-refractivity contribution in [3.05, 3.63) is 52.7 Å². The molecule has 10 nitrogen and oxygen atoms in total. The molecule has 4 rings (SSSR count). The van der Waals surface area contributed by atoms with Gasteiger partial charge in [0.1, 0.15) is 10.0 Å². The van der Waals surface area contributed by atoms with Crippen LogP contribution in [0.25, 0.3) is 0 Å². The van der Waals surface area contributed by atoms with Gasteiger partial charge in [0.15, 0.2) is 16.1 Å².